The number of aliphatic hydroxyl groups excluding tert-OH is 6. The first-order valence-electron chi connectivity index (χ1n) is 17.6. The van der Waals surface area contributed by atoms with Gasteiger partial charge in [-0.2, -0.15) is 0 Å². The van der Waals surface area contributed by atoms with Crippen LogP contribution in [0.4, 0.5) is 0 Å². The van der Waals surface area contributed by atoms with Crippen molar-refractivity contribution in [1.82, 2.24) is 0 Å². The normalized spacial score (nSPS) is 9.44. The molecule has 364 valence electrons. The quantitative estimate of drug-likeness (QED) is 0.0674. The average molecular weight is 1300 g/mol. The summed E-state index contributed by atoms with van der Waals surface area (Å²) < 4.78 is 45.7. The zero-order valence-corrected chi connectivity index (χ0v) is 43.7. The van der Waals surface area contributed by atoms with E-state index in [9.17, 15) is 10.2 Å². The summed E-state index contributed by atoms with van der Waals surface area (Å²) in [6.45, 7) is 0. The maximum atomic E-state index is 10.1. The van der Waals surface area contributed by atoms with Crippen molar-refractivity contribution in [3.8, 4) is 0 Å². The molecule has 0 heterocycles. The minimum atomic E-state index is -3.22. The van der Waals surface area contributed by atoms with E-state index in [1.807, 2.05) is 36.4 Å². The molecule has 0 aliphatic rings. The van der Waals surface area contributed by atoms with Crippen molar-refractivity contribution in [2.75, 3.05) is 0 Å². The molecule has 0 unspecified atom stereocenters. The maximum absolute atomic E-state index is 10.1. The van der Waals surface area contributed by atoms with Crippen LogP contribution in [0, 0.1) is 0 Å². The van der Waals surface area contributed by atoms with Gasteiger partial charge in [-0.05, 0) is 0 Å². The predicted molar refractivity (Wildman–Crippen MR) is 221 cm³/mol. The standard InChI is InChI=1S/6C7H8O2.2ClH.4Mo.6O/c6*8-7(9)6-4-2-1-3-5-6;;;;;;;;;;;;/h6*1-5,7-9H;2*1H;;;;;;;;;;. The summed E-state index contributed by atoms with van der Waals surface area (Å²) in [7, 11) is 0. The van der Waals surface area contributed by atoms with E-state index in [-0.39, 0.29) is 24.8 Å². The Labute approximate surface area is 428 Å². The molecule has 0 saturated carbocycles. The number of benzene rings is 6. The molecule has 0 saturated heterocycles. The van der Waals surface area contributed by atoms with Gasteiger partial charge in [0.05, 0.1) is 0 Å². The zero-order chi connectivity index (χ0) is 48.5. The van der Waals surface area contributed by atoms with Crippen molar-refractivity contribution in [3.63, 3.8) is 0 Å². The summed E-state index contributed by atoms with van der Waals surface area (Å²) in [6, 6.07) is 51.9. The molecule has 0 amide bonds. The van der Waals surface area contributed by atoms with Gasteiger partial charge >= 0.3 is 93.3 Å². The summed E-state index contributed by atoms with van der Waals surface area (Å²) in [4.78, 5) is 0. The topological polar surface area (TPSA) is 330 Å². The fourth-order valence-electron chi connectivity index (χ4n) is 3.81. The fraction of sp³-hybridized carbons (Fsp3) is 0.143. The summed E-state index contributed by atoms with van der Waals surface area (Å²) >= 11 is -6.16. The Morgan fingerprint density at radius 3 is 0.515 bits per heavy atom. The molecule has 0 spiro atoms. The van der Waals surface area contributed by atoms with Gasteiger partial charge in [0.25, 0.3) is 0 Å². The molecule has 0 aliphatic heterocycles. The number of rotatable bonds is 10. The molecule has 18 nitrogen and oxygen atoms in total. The summed E-state index contributed by atoms with van der Waals surface area (Å²) in [5, 5.41) is 103. The Morgan fingerprint density at radius 2 is 0.439 bits per heavy atom. The van der Waals surface area contributed by atoms with E-state index in [0.29, 0.717) is 53.2 Å². The number of hydrogen-bond acceptors (Lipinski definition) is 18. The molecule has 0 aromatic heterocycles. The van der Waals surface area contributed by atoms with Gasteiger partial charge in [0.15, 0.2) is 37.7 Å². The van der Waals surface area contributed by atoms with Gasteiger partial charge in [0.1, 0.15) is 0 Å². The third-order valence-corrected chi connectivity index (χ3v) is 12.4. The van der Waals surface area contributed by atoms with Crippen LogP contribution in [0.3, 0.4) is 0 Å². The Balaban J connectivity index is -0.000000336. The van der Waals surface area contributed by atoms with E-state index >= 15 is 0 Å². The van der Waals surface area contributed by atoms with Crippen molar-refractivity contribution in [1.29, 1.82) is 0 Å². The molecule has 12 N–H and O–H groups in total. The van der Waals surface area contributed by atoms with E-state index in [2.05, 4.69) is 4.09 Å². The van der Waals surface area contributed by atoms with Crippen LogP contribution in [0.5, 0.6) is 0 Å². The van der Waals surface area contributed by atoms with Gasteiger partial charge < -0.3 is 61.3 Å². The van der Waals surface area contributed by atoms with E-state index in [1.165, 1.54) is 0 Å². The predicted octanol–water partition coefficient (Wildman–Crippen LogP) is 4.24. The van der Waals surface area contributed by atoms with Crippen molar-refractivity contribution in [3.05, 3.63) is 215 Å². The van der Waals surface area contributed by atoms with E-state index < -0.39 is 93.6 Å². The van der Waals surface area contributed by atoms with Crippen LogP contribution in [0.15, 0.2) is 182 Å². The Kier molecular flexibility index (Phi) is 50.1. The molecule has 6 aromatic rings. The monoisotopic (exact) mass is 1300 g/mol. The van der Waals surface area contributed by atoms with E-state index in [0.717, 1.165) is 0 Å². The molecule has 66 heavy (non-hydrogen) atoms. The van der Waals surface area contributed by atoms with Gasteiger partial charge in [-0.25, -0.2) is 0 Å². The molecule has 6 rings (SSSR count). The average Bonchev–Trinajstić information content (AvgIpc) is 3.33. The van der Waals surface area contributed by atoms with Crippen molar-refractivity contribution in [2.24, 2.45) is 0 Å². The molecular weight excluding hydrogens is 1250 g/mol. The molecule has 24 heteroatoms. The van der Waals surface area contributed by atoms with Crippen LogP contribution in [-0.4, -0.2) is 61.3 Å². The van der Waals surface area contributed by atoms with Gasteiger partial charge in [-0.3, -0.25) is 0 Å². The van der Waals surface area contributed by atoms with Gasteiger partial charge in [0.2, 0.25) is 0 Å². The summed E-state index contributed by atoms with van der Waals surface area (Å²) in [6.07, 6.45) is -8.05. The molecule has 0 aliphatic carbocycles. The first-order chi connectivity index (χ1) is 30.6. The van der Waals surface area contributed by atoms with Crippen LogP contribution in [0.25, 0.3) is 0 Å². The van der Waals surface area contributed by atoms with E-state index in [4.69, 9.17) is 64.7 Å². The second kappa shape index (κ2) is 47.4. The Morgan fingerprint density at radius 1 is 0.318 bits per heavy atom. The third-order valence-electron chi connectivity index (χ3n) is 6.75. The second-order valence-corrected chi connectivity index (χ2v) is 17.5. The Hall–Kier alpha value is -2.71. The molecule has 6 aromatic carbocycles. The summed E-state index contributed by atoms with van der Waals surface area (Å²) in [5.74, 6) is 0. The molecule has 0 radical (unpaired) electrons. The van der Waals surface area contributed by atoms with Crippen molar-refractivity contribution in [2.45, 2.75) is 37.7 Å². The number of hydrogen-bond donors (Lipinski definition) is 12. The van der Waals surface area contributed by atoms with E-state index in [1.54, 1.807) is 146 Å². The van der Waals surface area contributed by atoms with Gasteiger partial charge in [0, 0.05) is 33.4 Å². The fourth-order valence-corrected chi connectivity index (χ4v) is 7.69. The first kappa shape index (κ1) is 69.9. The van der Waals surface area contributed by atoms with Crippen LogP contribution in [0.2, 0.25) is 0 Å². The van der Waals surface area contributed by atoms with Crippen LogP contribution in [-0.2, 0) is 93.3 Å². The molecule has 0 bridgehead atoms. The van der Waals surface area contributed by atoms with Crippen molar-refractivity contribution >= 4 is 24.8 Å². The summed E-state index contributed by atoms with van der Waals surface area (Å²) in [5.41, 5.74) is 3.15. The van der Waals surface area contributed by atoms with Crippen molar-refractivity contribution < 1.29 is 155 Å². The SMILES string of the molecule is Cl.Cl.OC(O)c1ccccc1.OC(O)c1ccccc1.OC(O)c1ccccc1.OC(O)c1ccccc1.OC(O)c1ccccc1.OC(O)c1ccccc1.[O]=[Mo].[O]=[Mo][O][Mo](=[O])[O][Mo]=[O]. The number of halogens is 2. The Bertz CT molecular complexity index is 1640. The minimum absolute atomic E-state index is 0. The zero-order valence-electron chi connectivity index (χ0n) is 34.1. The number of aliphatic hydroxyl groups is 12. The van der Waals surface area contributed by atoms with Gasteiger partial charge in [-0.15, -0.1) is 24.8 Å². The van der Waals surface area contributed by atoms with Crippen LogP contribution < -0.4 is 0 Å². The molecule has 0 atom stereocenters. The van der Waals surface area contributed by atoms with Crippen LogP contribution >= 0.6 is 24.8 Å². The third kappa shape index (κ3) is 39.3. The van der Waals surface area contributed by atoms with Gasteiger partial charge in [-0.1, -0.05) is 182 Å². The first-order valence-corrected chi connectivity index (χ1v) is 24.2. The molecule has 0 fully saturated rings. The van der Waals surface area contributed by atoms with Crippen LogP contribution in [0.1, 0.15) is 71.1 Å². The second-order valence-electron chi connectivity index (χ2n) is 11.2. The molecular formula is C42H50Cl2Mo4O18.